The second-order valence-corrected chi connectivity index (χ2v) is 6.68. The number of aliphatic hydroxyl groups excluding tert-OH is 3. The second-order valence-electron chi connectivity index (χ2n) is 6.68. The largest absolute Gasteiger partial charge is 0.388 e. The smallest absolute Gasteiger partial charge is 0.114 e. The van der Waals surface area contributed by atoms with Crippen LogP contribution in [0.2, 0.25) is 0 Å². The fourth-order valence-electron chi connectivity index (χ4n) is 2.95. The van der Waals surface area contributed by atoms with Gasteiger partial charge in [-0.1, -0.05) is 64.7 Å². The van der Waals surface area contributed by atoms with Crippen molar-refractivity contribution in [1.29, 1.82) is 0 Å². The molecule has 5 nitrogen and oxygen atoms in total. The molecule has 1 fully saturated rings. The first-order chi connectivity index (χ1) is 11.2. The molecule has 4 atom stereocenters. The minimum atomic E-state index is -1.02. The van der Waals surface area contributed by atoms with Gasteiger partial charge in [-0.3, -0.25) is 0 Å². The normalized spacial score (nSPS) is 25.8. The molecule has 23 heavy (non-hydrogen) atoms. The predicted octanol–water partition coefficient (Wildman–Crippen LogP) is 2.41. The lowest BCUT2D eigenvalue weighted by molar-refractivity contribution is -0.0813. The molecule has 138 valence electrons. The topological polar surface area (TPSA) is 79.2 Å². The molecule has 1 aliphatic rings. The van der Waals surface area contributed by atoms with Gasteiger partial charge >= 0.3 is 0 Å². The van der Waals surface area contributed by atoms with Crippen molar-refractivity contribution in [2.24, 2.45) is 0 Å². The van der Waals surface area contributed by atoms with Gasteiger partial charge in [-0.2, -0.15) is 0 Å². The minimum Gasteiger partial charge on any atom is -0.388 e. The van der Waals surface area contributed by atoms with E-state index in [4.69, 9.17) is 9.47 Å². The van der Waals surface area contributed by atoms with E-state index >= 15 is 0 Å². The molecule has 0 unspecified atom stereocenters. The fraction of sp³-hybridized carbons (Fsp3) is 1.00. The van der Waals surface area contributed by atoms with Crippen molar-refractivity contribution < 1.29 is 24.8 Å². The Morgan fingerprint density at radius 1 is 0.957 bits per heavy atom. The standard InChI is InChI=1S/C18H36O5/c1-2-3-4-5-6-7-8-9-10-11-12-22-13-16(20)18-17(21)15(19)14-23-18/h15-21H,2-14H2,1H3/t15-,16+,17-,18-/m1/s1. The van der Waals surface area contributed by atoms with E-state index in [2.05, 4.69) is 6.92 Å². The summed E-state index contributed by atoms with van der Waals surface area (Å²) in [6, 6.07) is 0. The van der Waals surface area contributed by atoms with Crippen LogP contribution in [0.1, 0.15) is 71.1 Å². The summed E-state index contributed by atoms with van der Waals surface area (Å²) < 4.78 is 10.6. The molecule has 1 aliphatic heterocycles. The van der Waals surface area contributed by atoms with E-state index in [9.17, 15) is 15.3 Å². The quantitative estimate of drug-likeness (QED) is 0.426. The molecule has 1 rings (SSSR count). The summed E-state index contributed by atoms with van der Waals surface area (Å²) in [6.07, 6.45) is 9.27. The van der Waals surface area contributed by atoms with Crippen LogP contribution in [-0.2, 0) is 9.47 Å². The first kappa shape index (κ1) is 20.8. The monoisotopic (exact) mass is 332 g/mol. The van der Waals surface area contributed by atoms with Crippen LogP contribution in [0.4, 0.5) is 0 Å². The Morgan fingerprint density at radius 3 is 2.04 bits per heavy atom. The summed E-state index contributed by atoms with van der Waals surface area (Å²) in [5.41, 5.74) is 0. The first-order valence-electron chi connectivity index (χ1n) is 9.40. The zero-order valence-electron chi connectivity index (χ0n) is 14.7. The maximum atomic E-state index is 9.88. The van der Waals surface area contributed by atoms with Crippen LogP contribution in [-0.4, -0.2) is 59.6 Å². The SMILES string of the molecule is CCCCCCCCCCCCOC[C@H](O)[C@H]1OC[C@@H](O)[C@H]1O. The lowest BCUT2D eigenvalue weighted by Gasteiger charge is -2.20. The molecule has 0 spiro atoms. The molecular weight excluding hydrogens is 296 g/mol. The average Bonchev–Trinajstić information content (AvgIpc) is 2.88. The van der Waals surface area contributed by atoms with Crippen molar-refractivity contribution in [2.45, 2.75) is 95.5 Å². The highest BCUT2D eigenvalue weighted by atomic mass is 16.5. The lowest BCUT2D eigenvalue weighted by atomic mass is 10.1. The number of ether oxygens (including phenoxy) is 2. The second kappa shape index (κ2) is 13.1. The van der Waals surface area contributed by atoms with Gasteiger partial charge in [0.15, 0.2) is 0 Å². The van der Waals surface area contributed by atoms with Crippen LogP contribution in [0.25, 0.3) is 0 Å². The summed E-state index contributed by atoms with van der Waals surface area (Å²) >= 11 is 0. The van der Waals surface area contributed by atoms with E-state index in [0.29, 0.717) is 6.61 Å². The third kappa shape index (κ3) is 9.01. The molecule has 3 N–H and O–H groups in total. The highest BCUT2D eigenvalue weighted by Crippen LogP contribution is 2.18. The maximum Gasteiger partial charge on any atom is 0.114 e. The van der Waals surface area contributed by atoms with Crippen molar-refractivity contribution in [1.82, 2.24) is 0 Å². The zero-order chi connectivity index (χ0) is 16.9. The van der Waals surface area contributed by atoms with Gasteiger partial charge in [0.25, 0.3) is 0 Å². The molecule has 5 heteroatoms. The van der Waals surface area contributed by atoms with Crippen molar-refractivity contribution in [3.05, 3.63) is 0 Å². The Bertz CT molecular complexity index is 274. The molecule has 1 heterocycles. The molecule has 0 saturated carbocycles. The first-order valence-corrected chi connectivity index (χ1v) is 9.40. The number of hydrogen-bond acceptors (Lipinski definition) is 5. The van der Waals surface area contributed by atoms with E-state index in [1.54, 1.807) is 0 Å². The van der Waals surface area contributed by atoms with Crippen LogP contribution in [0.5, 0.6) is 0 Å². The molecular formula is C18H36O5. The molecule has 1 saturated heterocycles. The van der Waals surface area contributed by atoms with Gasteiger partial charge in [-0.15, -0.1) is 0 Å². The van der Waals surface area contributed by atoms with Gasteiger partial charge in [0.05, 0.1) is 13.2 Å². The average molecular weight is 332 g/mol. The van der Waals surface area contributed by atoms with Crippen LogP contribution in [0.15, 0.2) is 0 Å². The highest BCUT2D eigenvalue weighted by Gasteiger charge is 2.39. The Labute approximate surface area is 141 Å². The van der Waals surface area contributed by atoms with Gasteiger partial charge in [0.2, 0.25) is 0 Å². The zero-order valence-corrected chi connectivity index (χ0v) is 14.7. The molecule has 0 radical (unpaired) electrons. The Hall–Kier alpha value is -0.200. The Balaban J connectivity index is 1.84. The van der Waals surface area contributed by atoms with Gasteiger partial charge in [-0.25, -0.2) is 0 Å². The van der Waals surface area contributed by atoms with Crippen molar-refractivity contribution in [2.75, 3.05) is 19.8 Å². The molecule has 0 aromatic rings. The third-order valence-corrected chi connectivity index (χ3v) is 4.50. The molecule has 0 bridgehead atoms. The summed E-state index contributed by atoms with van der Waals surface area (Å²) in [6.45, 7) is 3.08. The molecule has 0 aromatic heterocycles. The van der Waals surface area contributed by atoms with Gasteiger partial charge in [0.1, 0.15) is 24.4 Å². The van der Waals surface area contributed by atoms with E-state index in [-0.39, 0.29) is 13.2 Å². The number of unbranched alkanes of at least 4 members (excludes halogenated alkanes) is 9. The van der Waals surface area contributed by atoms with Crippen molar-refractivity contribution in [3.63, 3.8) is 0 Å². The van der Waals surface area contributed by atoms with E-state index in [1.807, 2.05) is 0 Å². The van der Waals surface area contributed by atoms with Crippen LogP contribution in [0, 0.1) is 0 Å². The molecule has 0 aromatic carbocycles. The van der Waals surface area contributed by atoms with Crippen LogP contribution in [0.3, 0.4) is 0 Å². The summed E-state index contributed by atoms with van der Waals surface area (Å²) in [7, 11) is 0. The van der Waals surface area contributed by atoms with E-state index in [0.717, 1.165) is 12.8 Å². The number of aliphatic hydroxyl groups is 3. The maximum absolute atomic E-state index is 9.88. The number of rotatable bonds is 14. The Morgan fingerprint density at radius 2 is 1.52 bits per heavy atom. The van der Waals surface area contributed by atoms with E-state index in [1.165, 1.54) is 51.4 Å². The Kier molecular flexibility index (Phi) is 11.9. The lowest BCUT2D eigenvalue weighted by Crippen LogP contribution is -2.40. The summed E-state index contributed by atoms with van der Waals surface area (Å²) in [5.74, 6) is 0. The third-order valence-electron chi connectivity index (χ3n) is 4.50. The minimum absolute atomic E-state index is 0.0708. The van der Waals surface area contributed by atoms with Crippen LogP contribution < -0.4 is 0 Å². The predicted molar refractivity (Wildman–Crippen MR) is 90.4 cm³/mol. The van der Waals surface area contributed by atoms with Gasteiger partial charge < -0.3 is 24.8 Å². The number of hydrogen-bond donors (Lipinski definition) is 3. The van der Waals surface area contributed by atoms with E-state index < -0.39 is 24.4 Å². The van der Waals surface area contributed by atoms with Crippen molar-refractivity contribution in [3.8, 4) is 0 Å². The molecule has 0 amide bonds. The molecule has 0 aliphatic carbocycles. The summed E-state index contributed by atoms with van der Waals surface area (Å²) in [5, 5.41) is 28.9. The van der Waals surface area contributed by atoms with Gasteiger partial charge in [-0.05, 0) is 6.42 Å². The summed E-state index contributed by atoms with van der Waals surface area (Å²) in [4.78, 5) is 0. The highest BCUT2D eigenvalue weighted by molar-refractivity contribution is 4.87. The van der Waals surface area contributed by atoms with Crippen molar-refractivity contribution >= 4 is 0 Å². The van der Waals surface area contributed by atoms with Crippen LogP contribution >= 0.6 is 0 Å². The fourth-order valence-corrected chi connectivity index (χ4v) is 2.95. The van der Waals surface area contributed by atoms with Gasteiger partial charge in [0, 0.05) is 6.61 Å².